The molecule has 0 unspecified atom stereocenters. The summed E-state index contributed by atoms with van der Waals surface area (Å²) in [6, 6.07) is 2.76. The Morgan fingerprint density at radius 2 is 1.87 bits per heavy atom. The Labute approximate surface area is 134 Å². The molecule has 2 aliphatic rings. The van der Waals surface area contributed by atoms with Gasteiger partial charge in [0.05, 0.1) is 9.82 Å². The Balaban J connectivity index is 1.97. The summed E-state index contributed by atoms with van der Waals surface area (Å²) < 4.78 is 40.8. The van der Waals surface area contributed by atoms with Crippen molar-refractivity contribution < 1.29 is 17.7 Å². The first kappa shape index (κ1) is 16.3. The van der Waals surface area contributed by atoms with Crippen LogP contribution in [0, 0.1) is 21.8 Å². The van der Waals surface area contributed by atoms with Crippen LogP contribution >= 0.6 is 0 Å². The van der Waals surface area contributed by atoms with Crippen LogP contribution in [0.4, 0.5) is 10.1 Å². The van der Waals surface area contributed by atoms with E-state index in [9.17, 15) is 22.9 Å². The van der Waals surface area contributed by atoms with Crippen molar-refractivity contribution in [2.24, 2.45) is 5.92 Å². The quantitative estimate of drug-likeness (QED) is 0.624. The van der Waals surface area contributed by atoms with E-state index in [1.165, 1.54) is 4.31 Å². The van der Waals surface area contributed by atoms with E-state index in [0.717, 1.165) is 56.7 Å². The Hall–Kier alpha value is -1.54. The van der Waals surface area contributed by atoms with Crippen molar-refractivity contribution in [3.63, 3.8) is 0 Å². The predicted molar refractivity (Wildman–Crippen MR) is 81.9 cm³/mol. The van der Waals surface area contributed by atoms with Crippen molar-refractivity contribution in [3.8, 4) is 0 Å². The molecule has 1 saturated carbocycles. The van der Waals surface area contributed by atoms with Gasteiger partial charge in [-0.25, -0.2) is 8.42 Å². The highest BCUT2D eigenvalue weighted by molar-refractivity contribution is 7.89. The lowest BCUT2D eigenvalue weighted by Crippen LogP contribution is -2.49. The summed E-state index contributed by atoms with van der Waals surface area (Å²) in [5, 5.41) is 10.9. The molecule has 1 saturated heterocycles. The van der Waals surface area contributed by atoms with Gasteiger partial charge in [0.15, 0.2) is 0 Å². The van der Waals surface area contributed by atoms with E-state index in [-0.39, 0.29) is 10.9 Å². The minimum atomic E-state index is -3.84. The van der Waals surface area contributed by atoms with Gasteiger partial charge in [0, 0.05) is 18.7 Å². The molecule has 2 fully saturated rings. The molecule has 0 N–H and O–H groups in total. The van der Waals surface area contributed by atoms with E-state index < -0.39 is 26.5 Å². The summed E-state index contributed by atoms with van der Waals surface area (Å²) >= 11 is 0. The molecule has 0 radical (unpaired) electrons. The molecular weight excluding hydrogens is 323 g/mol. The first-order valence-corrected chi connectivity index (χ1v) is 9.31. The molecule has 1 aromatic rings. The van der Waals surface area contributed by atoms with Gasteiger partial charge in [0.1, 0.15) is 0 Å². The van der Waals surface area contributed by atoms with Gasteiger partial charge in [-0.15, -0.1) is 0 Å². The molecule has 126 valence electrons. The molecule has 1 aromatic carbocycles. The van der Waals surface area contributed by atoms with Crippen molar-refractivity contribution in [1.82, 2.24) is 4.31 Å². The summed E-state index contributed by atoms with van der Waals surface area (Å²) in [6.45, 7) is 0.425. The Kier molecular flexibility index (Phi) is 4.37. The lowest BCUT2D eigenvalue weighted by Gasteiger charge is -2.43. The number of piperidine rings is 1. The standard InChI is InChI=1S/C15H19FN2O4S/c16-13-8-7-12(10-15(13)18(19)20)23(21,22)17-9-3-5-11-4-1-2-6-14(11)17/h7-8,10-11,14H,1-6,9H2/t11-,14+/m1/s1. The highest BCUT2D eigenvalue weighted by Gasteiger charge is 2.40. The largest absolute Gasteiger partial charge is 0.306 e. The summed E-state index contributed by atoms with van der Waals surface area (Å²) in [4.78, 5) is 9.77. The maximum absolute atomic E-state index is 13.5. The lowest BCUT2D eigenvalue weighted by atomic mass is 9.79. The Morgan fingerprint density at radius 1 is 1.17 bits per heavy atom. The van der Waals surface area contributed by atoms with E-state index in [2.05, 4.69) is 0 Å². The average Bonchev–Trinajstić information content (AvgIpc) is 2.54. The maximum atomic E-state index is 13.5. The van der Waals surface area contributed by atoms with Crippen LogP contribution in [0.25, 0.3) is 0 Å². The Morgan fingerprint density at radius 3 is 2.61 bits per heavy atom. The number of sulfonamides is 1. The second kappa shape index (κ2) is 6.16. The third kappa shape index (κ3) is 2.97. The number of nitro benzene ring substituents is 1. The van der Waals surface area contributed by atoms with E-state index >= 15 is 0 Å². The third-order valence-electron chi connectivity index (χ3n) is 4.91. The molecule has 23 heavy (non-hydrogen) atoms. The molecule has 0 spiro atoms. The van der Waals surface area contributed by atoms with E-state index in [0.29, 0.717) is 12.5 Å². The number of nitro groups is 1. The molecular formula is C15H19FN2O4S. The number of fused-ring (bicyclic) bond motifs is 1. The van der Waals surface area contributed by atoms with Gasteiger partial charge in [-0.05, 0) is 43.7 Å². The van der Waals surface area contributed by atoms with Crippen LogP contribution < -0.4 is 0 Å². The SMILES string of the molecule is O=[N+]([O-])c1cc(S(=O)(=O)N2CCC[C@H]3CCCC[C@@H]32)ccc1F. The number of halogens is 1. The van der Waals surface area contributed by atoms with E-state index in [1.54, 1.807) is 0 Å². The first-order chi connectivity index (χ1) is 10.9. The summed E-state index contributed by atoms with van der Waals surface area (Å²) in [6.07, 6.45) is 5.80. The fraction of sp³-hybridized carbons (Fsp3) is 0.600. The number of hydrogen-bond acceptors (Lipinski definition) is 4. The van der Waals surface area contributed by atoms with Crippen LogP contribution in [0.1, 0.15) is 38.5 Å². The fourth-order valence-corrected chi connectivity index (χ4v) is 5.58. The maximum Gasteiger partial charge on any atom is 0.306 e. The minimum absolute atomic E-state index is 0.0355. The number of hydrogen-bond donors (Lipinski definition) is 0. The molecule has 1 aliphatic heterocycles. The number of rotatable bonds is 3. The molecule has 3 rings (SSSR count). The van der Waals surface area contributed by atoms with Crippen LogP contribution in [-0.4, -0.2) is 30.2 Å². The molecule has 6 nitrogen and oxygen atoms in total. The average molecular weight is 342 g/mol. The Bertz CT molecular complexity index is 720. The second-order valence-electron chi connectivity index (χ2n) is 6.24. The van der Waals surface area contributed by atoms with Gasteiger partial charge in [-0.3, -0.25) is 10.1 Å². The monoisotopic (exact) mass is 342 g/mol. The van der Waals surface area contributed by atoms with Crippen molar-refractivity contribution in [1.29, 1.82) is 0 Å². The van der Waals surface area contributed by atoms with Gasteiger partial charge in [0.2, 0.25) is 15.8 Å². The minimum Gasteiger partial charge on any atom is -0.258 e. The normalized spacial score (nSPS) is 25.8. The van der Waals surface area contributed by atoms with Gasteiger partial charge < -0.3 is 0 Å². The first-order valence-electron chi connectivity index (χ1n) is 7.87. The molecule has 8 heteroatoms. The van der Waals surface area contributed by atoms with Crippen LogP contribution in [-0.2, 0) is 10.0 Å². The van der Waals surface area contributed by atoms with E-state index in [4.69, 9.17) is 0 Å². The molecule has 1 heterocycles. The van der Waals surface area contributed by atoms with Gasteiger partial charge in [-0.1, -0.05) is 12.8 Å². The van der Waals surface area contributed by atoms with Crippen LogP contribution in [0.3, 0.4) is 0 Å². The molecule has 1 aliphatic carbocycles. The van der Waals surface area contributed by atoms with Crippen LogP contribution in [0.15, 0.2) is 23.1 Å². The van der Waals surface area contributed by atoms with Crippen LogP contribution in [0.2, 0.25) is 0 Å². The predicted octanol–water partition coefficient (Wildman–Crippen LogP) is 3.08. The van der Waals surface area contributed by atoms with Gasteiger partial charge >= 0.3 is 5.69 Å². The third-order valence-corrected chi connectivity index (χ3v) is 6.83. The molecule has 0 aromatic heterocycles. The van der Waals surface area contributed by atoms with Crippen LogP contribution in [0.5, 0.6) is 0 Å². The molecule has 2 atom stereocenters. The topological polar surface area (TPSA) is 80.5 Å². The van der Waals surface area contributed by atoms with Crippen molar-refractivity contribution in [3.05, 3.63) is 34.1 Å². The summed E-state index contributed by atoms with van der Waals surface area (Å²) in [7, 11) is -3.84. The highest BCUT2D eigenvalue weighted by Crippen LogP contribution is 2.38. The summed E-state index contributed by atoms with van der Waals surface area (Å²) in [5.74, 6) is -0.661. The summed E-state index contributed by atoms with van der Waals surface area (Å²) in [5.41, 5.74) is -0.803. The molecule has 0 bridgehead atoms. The zero-order chi connectivity index (χ0) is 16.6. The van der Waals surface area contributed by atoms with Crippen molar-refractivity contribution in [2.75, 3.05) is 6.54 Å². The van der Waals surface area contributed by atoms with Gasteiger partial charge in [0.25, 0.3) is 0 Å². The number of benzene rings is 1. The lowest BCUT2D eigenvalue weighted by molar-refractivity contribution is -0.387. The zero-order valence-corrected chi connectivity index (χ0v) is 13.5. The van der Waals surface area contributed by atoms with Crippen molar-refractivity contribution >= 4 is 15.7 Å². The van der Waals surface area contributed by atoms with Gasteiger partial charge in [-0.2, -0.15) is 8.70 Å². The smallest absolute Gasteiger partial charge is 0.258 e. The highest BCUT2D eigenvalue weighted by atomic mass is 32.2. The fourth-order valence-electron chi connectivity index (χ4n) is 3.81. The second-order valence-corrected chi connectivity index (χ2v) is 8.13. The van der Waals surface area contributed by atoms with E-state index in [1.807, 2.05) is 0 Å². The molecule has 0 amide bonds. The number of nitrogens with zero attached hydrogens (tertiary/aromatic N) is 2. The zero-order valence-electron chi connectivity index (χ0n) is 12.7. The van der Waals surface area contributed by atoms with Crippen molar-refractivity contribution in [2.45, 2.75) is 49.5 Å².